The van der Waals surface area contributed by atoms with E-state index in [0.29, 0.717) is 22.3 Å². The van der Waals surface area contributed by atoms with Crippen LogP contribution >= 0.6 is 7.60 Å². The van der Waals surface area contributed by atoms with Gasteiger partial charge in [0.1, 0.15) is 0 Å². The van der Waals surface area contributed by atoms with Crippen LogP contribution in [0.15, 0.2) is 24.3 Å². The number of hydrogen-bond donors (Lipinski definition) is 0. The van der Waals surface area contributed by atoms with E-state index in [1.165, 1.54) is 0 Å². The van der Waals surface area contributed by atoms with Crippen molar-refractivity contribution >= 4 is 34.7 Å². The van der Waals surface area contributed by atoms with Gasteiger partial charge in [-0.15, -0.1) is 0 Å². The number of benzene rings is 2. The molecule has 1 aliphatic heterocycles. The van der Waals surface area contributed by atoms with Crippen molar-refractivity contribution < 1.29 is 23.1 Å². The fraction of sp³-hybridized carbons (Fsp3) is 0.350. The van der Waals surface area contributed by atoms with Gasteiger partial charge in [0.05, 0.1) is 18.7 Å². The van der Waals surface area contributed by atoms with E-state index in [1.54, 1.807) is 13.8 Å². The van der Waals surface area contributed by atoms with E-state index < -0.39 is 7.60 Å². The van der Waals surface area contributed by atoms with Crippen LogP contribution in [0.4, 0.5) is 0 Å². The van der Waals surface area contributed by atoms with E-state index in [1.807, 2.05) is 26.0 Å². The van der Waals surface area contributed by atoms with E-state index in [-0.39, 0.29) is 20.0 Å². The fourth-order valence-electron chi connectivity index (χ4n) is 3.54. The Morgan fingerprint density at radius 3 is 2.22 bits per heavy atom. The number of nitrogens with zero attached hydrogens (tertiary/aromatic N) is 1. The second kappa shape index (κ2) is 6.79. The topological polar surface area (TPSA) is 66.9 Å². The van der Waals surface area contributed by atoms with E-state index in [2.05, 4.69) is 12.1 Å². The highest BCUT2D eigenvalue weighted by atomic mass is 31.2. The van der Waals surface area contributed by atoms with Crippen molar-refractivity contribution in [3.8, 4) is 11.5 Å². The number of pyridine rings is 1. The molecule has 0 saturated carbocycles. The lowest BCUT2D eigenvalue weighted by Gasteiger charge is -2.20. The third-order valence-corrected chi connectivity index (χ3v) is 6.62. The number of ether oxygens (including phenoxy) is 2. The minimum absolute atomic E-state index is 0.166. The predicted octanol–water partition coefficient (Wildman–Crippen LogP) is 4.62. The third kappa shape index (κ3) is 2.98. The van der Waals surface area contributed by atoms with Gasteiger partial charge in [-0.1, -0.05) is 11.6 Å². The minimum Gasteiger partial charge on any atom is -0.454 e. The molecule has 3 aromatic rings. The lowest BCUT2D eigenvalue weighted by atomic mass is 10.0. The molecule has 4 rings (SSSR count). The lowest BCUT2D eigenvalue weighted by Crippen LogP contribution is -2.16. The number of aromatic nitrogens is 1. The molecule has 0 saturated heterocycles. The van der Waals surface area contributed by atoms with Gasteiger partial charge in [-0.05, 0) is 56.8 Å². The molecule has 1 aromatic heterocycles. The highest BCUT2D eigenvalue weighted by Crippen LogP contribution is 2.50. The molecule has 0 fully saturated rings. The fourth-order valence-corrected chi connectivity index (χ4v) is 5.24. The van der Waals surface area contributed by atoms with Crippen LogP contribution < -0.4 is 14.9 Å². The molecule has 0 spiro atoms. The van der Waals surface area contributed by atoms with Crippen LogP contribution in [0.5, 0.6) is 11.5 Å². The average Bonchev–Trinajstić information content (AvgIpc) is 3.07. The van der Waals surface area contributed by atoms with Crippen LogP contribution in [-0.4, -0.2) is 25.0 Å². The van der Waals surface area contributed by atoms with Gasteiger partial charge >= 0.3 is 7.60 Å². The van der Waals surface area contributed by atoms with Crippen molar-refractivity contribution in [2.75, 3.05) is 20.0 Å². The Morgan fingerprint density at radius 2 is 1.59 bits per heavy atom. The van der Waals surface area contributed by atoms with Gasteiger partial charge in [-0.25, -0.2) is 4.98 Å². The molecule has 0 atom stereocenters. The van der Waals surface area contributed by atoms with Gasteiger partial charge in [0.15, 0.2) is 16.9 Å². The van der Waals surface area contributed by atoms with Crippen molar-refractivity contribution in [2.24, 2.45) is 0 Å². The maximum atomic E-state index is 13.6. The standard InChI is InChI=1S/C20H22NO5P/c1-5-25-27(22,26-6-2)20-16-10-18-17(23-11-24-18)9-14(16)15-8-12(3)7-13(4)19(15)21-20/h7-10H,5-6,11H2,1-4H3. The Hall–Kier alpha value is -2.14. The van der Waals surface area contributed by atoms with Crippen LogP contribution in [0.25, 0.3) is 21.7 Å². The van der Waals surface area contributed by atoms with Crippen molar-refractivity contribution in [3.63, 3.8) is 0 Å². The van der Waals surface area contributed by atoms with Gasteiger partial charge in [0, 0.05) is 10.8 Å². The number of aryl methyl sites for hydroxylation is 2. The van der Waals surface area contributed by atoms with E-state index in [9.17, 15) is 4.57 Å². The summed E-state index contributed by atoms with van der Waals surface area (Å²) in [6.45, 7) is 8.31. The molecule has 0 bridgehead atoms. The maximum absolute atomic E-state index is 13.6. The molecule has 142 valence electrons. The normalized spacial score (nSPS) is 13.6. The number of hydrogen-bond acceptors (Lipinski definition) is 6. The molecule has 7 heteroatoms. The Morgan fingerprint density at radius 1 is 0.963 bits per heavy atom. The van der Waals surface area contributed by atoms with Crippen molar-refractivity contribution in [1.29, 1.82) is 0 Å². The summed E-state index contributed by atoms with van der Waals surface area (Å²) in [4.78, 5) is 4.77. The molecule has 0 unspecified atom stereocenters. The molecule has 27 heavy (non-hydrogen) atoms. The van der Waals surface area contributed by atoms with Gasteiger partial charge in [0.2, 0.25) is 6.79 Å². The Kier molecular flexibility index (Phi) is 4.58. The largest absolute Gasteiger partial charge is 0.454 e. The SMILES string of the molecule is CCOP(=O)(OCC)c1nc2c(C)cc(C)cc2c2cc3c(cc12)OCO3. The summed E-state index contributed by atoms with van der Waals surface area (Å²) >= 11 is 0. The Balaban J connectivity index is 2.15. The molecule has 0 radical (unpaired) electrons. The van der Waals surface area contributed by atoms with Crippen LogP contribution in [0, 0.1) is 13.8 Å². The van der Waals surface area contributed by atoms with Crippen LogP contribution in [0.3, 0.4) is 0 Å². The summed E-state index contributed by atoms with van der Waals surface area (Å²) in [5.74, 6) is 1.27. The van der Waals surface area contributed by atoms with Crippen LogP contribution in [0.2, 0.25) is 0 Å². The summed E-state index contributed by atoms with van der Waals surface area (Å²) in [6.07, 6.45) is 0. The van der Waals surface area contributed by atoms with E-state index >= 15 is 0 Å². The zero-order valence-electron chi connectivity index (χ0n) is 15.9. The predicted molar refractivity (Wildman–Crippen MR) is 105 cm³/mol. The highest BCUT2D eigenvalue weighted by molar-refractivity contribution is 7.62. The van der Waals surface area contributed by atoms with E-state index in [4.69, 9.17) is 23.5 Å². The molecule has 6 nitrogen and oxygen atoms in total. The molecule has 0 amide bonds. The molecule has 2 aromatic carbocycles. The third-order valence-electron chi connectivity index (χ3n) is 4.56. The average molecular weight is 387 g/mol. The first-order valence-corrected chi connectivity index (χ1v) is 10.5. The molecular weight excluding hydrogens is 365 g/mol. The number of rotatable bonds is 5. The van der Waals surface area contributed by atoms with Crippen LogP contribution in [-0.2, 0) is 13.6 Å². The zero-order valence-corrected chi connectivity index (χ0v) is 16.8. The molecule has 2 heterocycles. The lowest BCUT2D eigenvalue weighted by molar-refractivity contribution is 0.174. The quantitative estimate of drug-likeness (QED) is 0.470. The summed E-state index contributed by atoms with van der Waals surface area (Å²) in [5, 5.41) is 2.57. The van der Waals surface area contributed by atoms with Gasteiger partial charge < -0.3 is 18.5 Å². The summed E-state index contributed by atoms with van der Waals surface area (Å²) in [5.41, 5.74) is 3.23. The van der Waals surface area contributed by atoms with Crippen molar-refractivity contribution in [1.82, 2.24) is 4.98 Å². The summed E-state index contributed by atoms with van der Waals surface area (Å²) in [7, 11) is -3.59. The Labute approximate surface area is 157 Å². The first-order valence-electron chi connectivity index (χ1n) is 9.01. The maximum Gasteiger partial charge on any atom is 0.380 e. The van der Waals surface area contributed by atoms with Gasteiger partial charge in [-0.2, -0.15) is 0 Å². The highest BCUT2D eigenvalue weighted by Gasteiger charge is 2.33. The second-order valence-electron chi connectivity index (χ2n) is 6.50. The van der Waals surface area contributed by atoms with Gasteiger partial charge in [0.25, 0.3) is 0 Å². The second-order valence-corrected chi connectivity index (χ2v) is 8.43. The summed E-state index contributed by atoms with van der Waals surface area (Å²) < 4.78 is 35.9. The molecule has 0 N–H and O–H groups in total. The van der Waals surface area contributed by atoms with Crippen molar-refractivity contribution in [3.05, 3.63) is 35.4 Å². The molecule has 1 aliphatic rings. The molecular formula is C20H22NO5P. The first kappa shape index (κ1) is 18.2. The van der Waals surface area contributed by atoms with E-state index in [0.717, 1.165) is 27.4 Å². The number of fused-ring (bicyclic) bond motifs is 4. The van der Waals surface area contributed by atoms with Crippen LogP contribution in [0.1, 0.15) is 25.0 Å². The zero-order chi connectivity index (χ0) is 19.2. The summed E-state index contributed by atoms with van der Waals surface area (Å²) in [6, 6.07) is 7.88. The minimum atomic E-state index is -3.59. The van der Waals surface area contributed by atoms with Gasteiger partial charge in [-0.3, -0.25) is 4.57 Å². The monoisotopic (exact) mass is 387 g/mol. The van der Waals surface area contributed by atoms with Crippen molar-refractivity contribution in [2.45, 2.75) is 27.7 Å². The first-order chi connectivity index (χ1) is 13.0. The molecule has 0 aliphatic carbocycles. The Bertz CT molecular complexity index is 1090. The smallest absolute Gasteiger partial charge is 0.380 e.